The molecule has 2 N–H and O–H groups in total. The zero-order valence-electron chi connectivity index (χ0n) is 7.44. The molecule has 0 amide bonds. The third-order valence-corrected chi connectivity index (χ3v) is 1.84. The van der Waals surface area contributed by atoms with Crippen LogP contribution in [0.25, 0.3) is 0 Å². The highest BCUT2D eigenvalue weighted by molar-refractivity contribution is 5.33. The fourth-order valence-corrected chi connectivity index (χ4v) is 1.11. The number of halogens is 1. The maximum absolute atomic E-state index is 13.0. The number of nitriles is 1. The number of nitrogens with zero attached hydrogens (tertiary/aromatic N) is 1. The second-order valence-corrected chi connectivity index (χ2v) is 2.97. The lowest BCUT2D eigenvalue weighted by Crippen LogP contribution is -2.15. The van der Waals surface area contributed by atoms with Gasteiger partial charge in [0.2, 0.25) is 0 Å². The summed E-state index contributed by atoms with van der Waals surface area (Å²) in [5.41, 5.74) is 0.537. The van der Waals surface area contributed by atoms with Crippen LogP contribution < -0.4 is 0 Å². The minimum Gasteiger partial charge on any atom is -0.394 e. The van der Waals surface area contributed by atoms with E-state index in [1.165, 1.54) is 12.1 Å². The number of aliphatic hydroxyl groups is 2. The first-order valence-corrected chi connectivity index (χ1v) is 4.15. The third kappa shape index (κ3) is 2.52. The molecule has 0 saturated heterocycles. The summed E-state index contributed by atoms with van der Waals surface area (Å²) in [5, 5.41) is 26.1. The van der Waals surface area contributed by atoms with Gasteiger partial charge in [-0.15, -0.1) is 0 Å². The van der Waals surface area contributed by atoms with Crippen molar-refractivity contribution >= 4 is 0 Å². The summed E-state index contributed by atoms with van der Waals surface area (Å²) in [7, 11) is 0. The van der Waals surface area contributed by atoms with Gasteiger partial charge in [0.15, 0.2) is 0 Å². The summed E-state index contributed by atoms with van der Waals surface area (Å²) < 4.78 is 13.0. The van der Waals surface area contributed by atoms with Crippen molar-refractivity contribution < 1.29 is 14.6 Å². The van der Waals surface area contributed by atoms with Gasteiger partial charge in [-0.2, -0.15) is 5.26 Å². The van der Waals surface area contributed by atoms with Gasteiger partial charge < -0.3 is 10.2 Å². The Balaban J connectivity index is 2.82. The highest BCUT2D eigenvalue weighted by atomic mass is 19.1. The number of aliphatic hydroxyl groups excluding tert-OH is 2. The molecule has 0 aromatic heterocycles. The van der Waals surface area contributed by atoms with Crippen molar-refractivity contribution in [2.75, 3.05) is 6.61 Å². The number of benzene rings is 1. The van der Waals surface area contributed by atoms with E-state index in [-0.39, 0.29) is 18.6 Å². The first kappa shape index (κ1) is 10.6. The predicted molar refractivity (Wildman–Crippen MR) is 47.9 cm³/mol. The topological polar surface area (TPSA) is 64.2 Å². The predicted octanol–water partition coefficient (Wildman–Crippen LogP) is 0.593. The Morgan fingerprint density at radius 2 is 2.21 bits per heavy atom. The van der Waals surface area contributed by atoms with Crippen LogP contribution in [0.1, 0.15) is 11.1 Å². The van der Waals surface area contributed by atoms with E-state index in [0.29, 0.717) is 5.56 Å². The summed E-state index contributed by atoms with van der Waals surface area (Å²) in [6.07, 6.45) is -0.707. The van der Waals surface area contributed by atoms with Crippen molar-refractivity contribution in [3.63, 3.8) is 0 Å². The molecule has 0 aliphatic heterocycles. The van der Waals surface area contributed by atoms with Crippen molar-refractivity contribution in [3.8, 4) is 6.07 Å². The van der Waals surface area contributed by atoms with E-state index >= 15 is 0 Å². The summed E-state index contributed by atoms with van der Waals surface area (Å²) >= 11 is 0. The molecule has 1 atom stereocenters. The molecule has 0 saturated carbocycles. The Kier molecular flexibility index (Phi) is 3.57. The van der Waals surface area contributed by atoms with Crippen molar-refractivity contribution in [1.29, 1.82) is 5.26 Å². The van der Waals surface area contributed by atoms with E-state index in [2.05, 4.69) is 0 Å². The molecule has 1 aromatic carbocycles. The van der Waals surface area contributed by atoms with Crippen LogP contribution >= 0.6 is 0 Å². The molecule has 3 nitrogen and oxygen atoms in total. The second kappa shape index (κ2) is 4.70. The van der Waals surface area contributed by atoms with Gasteiger partial charge in [0.1, 0.15) is 11.9 Å². The van der Waals surface area contributed by atoms with Gasteiger partial charge in [0.25, 0.3) is 0 Å². The monoisotopic (exact) mass is 195 g/mol. The molecule has 14 heavy (non-hydrogen) atoms. The molecule has 0 unspecified atom stereocenters. The smallest absolute Gasteiger partial charge is 0.141 e. The highest BCUT2D eigenvalue weighted by Crippen LogP contribution is 2.11. The van der Waals surface area contributed by atoms with E-state index in [1.54, 1.807) is 12.1 Å². The maximum Gasteiger partial charge on any atom is 0.141 e. The van der Waals surface area contributed by atoms with Gasteiger partial charge in [-0.3, -0.25) is 0 Å². The lowest BCUT2D eigenvalue weighted by atomic mass is 10.1. The zero-order chi connectivity index (χ0) is 10.6. The van der Waals surface area contributed by atoms with Gasteiger partial charge in [0.05, 0.1) is 18.3 Å². The van der Waals surface area contributed by atoms with Crippen LogP contribution in [0.2, 0.25) is 0 Å². The minimum atomic E-state index is -0.887. The average Bonchev–Trinajstić information content (AvgIpc) is 2.18. The Labute approximate surface area is 81.0 Å². The molecule has 0 bridgehead atoms. The van der Waals surface area contributed by atoms with Crippen molar-refractivity contribution in [3.05, 3.63) is 35.1 Å². The molecule has 1 aromatic rings. The zero-order valence-corrected chi connectivity index (χ0v) is 7.44. The van der Waals surface area contributed by atoms with Crippen molar-refractivity contribution in [1.82, 2.24) is 0 Å². The van der Waals surface area contributed by atoms with Crippen LogP contribution in [0.3, 0.4) is 0 Å². The summed E-state index contributed by atoms with van der Waals surface area (Å²) in [4.78, 5) is 0. The second-order valence-electron chi connectivity index (χ2n) is 2.97. The number of hydrogen-bond acceptors (Lipinski definition) is 3. The molecule has 0 heterocycles. The molecule has 0 radical (unpaired) electrons. The molecular formula is C10H10FNO2. The molecule has 0 aliphatic carbocycles. The van der Waals surface area contributed by atoms with E-state index in [1.807, 2.05) is 0 Å². The van der Waals surface area contributed by atoms with E-state index in [4.69, 9.17) is 15.5 Å². The van der Waals surface area contributed by atoms with E-state index < -0.39 is 11.9 Å². The minimum absolute atomic E-state index is 0.0211. The van der Waals surface area contributed by atoms with E-state index in [0.717, 1.165) is 0 Å². The molecule has 4 heteroatoms. The van der Waals surface area contributed by atoms with Gasteiger partial charge in [-0.25, -0.2) is 4.39 Å². The first-order chi connectivity index (χ1) is 6.67. The van der Waals surface area contributed by atoms with Crippen LogP contribution in [0.4, 0.5) is 4.39 Å². The Morgan fingerprint density at radius 1 is 1.50 bits per heavy atom. The SMILES string of the molecule is N#Cc1ccc(C[C@@H](O)CO)cc1F. The summed E-state index contributed by atoms with van der Waals surface area (Å²) in [6.45, 7) is -0.360. The molecule has 0 aliphatic rings. The van der Waals surface area contributed by atoms with Gasteiger partial charge in [0, 0.05) is 6.42 Å². The normalized spacial score (nSPS) is 12.1. The lowest BCUT2D eigenvalue weighted by Gasteiger charge is -2.06. The number of rotatable bonds is 3. The van der Waals surface area contributed by atoms with Crippen molar-refractivity contribution in [2.24, 2.45) is 0 Å². The number of hydrogen-bond donors (Lipinski definition) is 2. The fourth-order valence-electron chi connectivity index (χ4n) is 1.11. The van der Waals surface area contributed by atoms with Gasteiger partial charge >= 0.3 is 0 Å². The quantitative estimate of drug-likeness (QED) is 0.742. The van der Waals surface area contributed by atoms with Crippen LogP contribution in [0, 0.1) is 17.1 Å². The lowest BCUT2D eigenvalue weighted by molar-refractivity contribution is 0.0954. The molecule has 1 rings (SSSR count). The average molecular weight is 195 g/mol. The Hall–Kier alpha value is -1.44. The third-order valence-electron chi connectivity index (χ3n) is 1.84. The van der Waals surface area contributed by atoms with Crippen LogP contribution in [-0.4, -0.2) is 22.9 Å². The van der Waals surface area contributed by atoms with Crippen LogP contribution in [0.5, 0.6) is 0 Å². The molecule has 0 spiro atoms. The van der Waals surface area contributed by atoms with Gasteiger partial charge in [-0.1, -0.05) is 6.07 Å². The van der Waals surface area contributed by atoms with Crippen molar-refractivity contribution in [2.45, 2.75) is 12.5 Å². The molecule has 0 fully saturated rings. The molecular weight excluding hydrogens is 185 g/mol. The van der Waals surface area contributed by atoms with E-state index in [9.17, 15) is 4.39 Å². The maximum atomic E-state index is 13.0. The van der Waals surface area contributed by atoms with Crippen LogP contribution in [0.15, 0.2) is 18.2 Å². The Morgan fingerprint density at radius 3 is 2.71 bits per heavy atom. The summed E-state index contributed by atoms with van der Waals surface area (Å²) in [6, 6.07) is 5.81. The standard InChI is InChI=1S/C10H10FNO2/c11-10-4-7(3-9(14)6-13)1-2-8(10)5-12/h1-2,4,9,13-14H,3,6H2/t9-/m1/s1. The van der Waals surface area contributed by atoms with Crippen LogP contribution in [-0.2, 0) is 6.42 Å². The first-order valence-electron chi connectivity index (χ1n) is 4.15. The molecule has 74 valence electrons. The fraction of sp³-hybridized carbons (Fsp3) is 0.300. The van der Waals surface area contributed by atoms with Gasteiger partial charge in [-0.05, 0) is 17.7 Å². The summed E-state index contributed by atoms with van der Waals surface area (Å²) in [5.74, 6) is -0.602. The Bertz CT molecular complexity index is 360. The largest absolute Gasteiger partial charge is 0.394 e. The highest BCUT2D eigenvalue weighted by Gasteiger charge is 2.06.